The van der Waals surface area contributed by atoms with Crippen molar-refractivity contribution in [1.29, 1.82) is 0 Å². The molecule has 0 radical (unpaired) electrons. The van der Waals surface area contributed by atoms with Gasteiger partial charge in [0.15, 0.2) is 0 Å². The maximum atomic E-state index is 9.10. The number of aromatic nitrogens is 2. The summed E-state index contributed by atoms with van der Waals surface area (Å²) >= 11 is 0. The maximum absolute atomic E-state index is 9.10. The molecule has 244 valence electrons. The lowest BCUT2D eigenvalue weighted by molar-refractivity contribution is -0.159. The number of fused-ring (bicyclic) bond motifs is 6. The smallest absolute Gasteiger partial charge is 0.414 e. The molecule has 0 saturated carbocycles. The number of carboxylic acid groups (broad SMARTS) is 2. The molecule has 1 aliphatic heterocycles. The van der Waals surface area contributed by atoms with Crippen LogP contribution in [0.15, 0.2) is 103 Å². The lowest BCUT2D eigenvalue weighted by atomic mass is 9.84. The number of carbonyl (C=O) groups is 2. The van der Waals surface area contributed by atoms with Crippen LogP contribution in [0.2, 0.25) is 0 Å². The second-order valence-corrected chi connectivity index (χ2v) is 13.2. The van der Waals surface area contributed by atoms with E-state index in [1.165, 1.54) is 106 Å². The number of rotatable bonds is 6. The number of hydrogen-bond acceptors (Lipinski definition) is 4. The fourth-order valence-corrected chi connectivity index (χ4v) is 7.92. The van der Waals surface area contributed by atoms with Gasteiger partial charge in [0.2, 0.25) is 0 Å². The molecular weight excluding hydrogens is 598 g/mol. The van der Waals surface area contributed by atoms with Crippen molar-refractivity contribution < 1.29 is 19.8 Å². The van der Waals surface area contributed by atoms with E-state index in [1.807, 2.05) is 0 Å². The summed E-state index contributed by atoms with van der Waals surface area (Å²) in [4.78, 5) is 20.9. The molecule has 7 nitrogen and oxygen atoms in total. The molecule has 1 atom stereocenters. The lowest BCUT2D eigenvalue weighted by Gasteiger charge is -2.33. The van der Waals surface area contributed by atoms with Crippen molar-refractivity contribution in [2.75, 3.05) is 19.6 Å². The van der Waals surface area contributed by atoms with E-state index in [1.54, 1.807) is 0 Å². The molecule has 6 aromatic rings. The summed E-state index contributed by atoms with van der Waals surface area (Å²) in [6.07, 6.45) is 9.74. The largest absolute Gasteiger partial charge is 0.473 e. The first-order valence-electron chi connectivity index (χ1n) is 17.1. The average molecular weight is 640 g/mol. The lowest BCUT2D eigenvalue weighted by Crippen LogP contribution is -2.34. The molecule has 2 heterocycles. The normalized spacial score (nSPS) is 16.8. The van der Waals surface area contributed by atoms with Crippen LogP contribution in [0.25, 0.3) is 32.3 Å². The van der Waals surface area contributed by atoms with E-state index in [0.717, 1.165) is 18.9 Å². The van der Waals surface area contributed by atoms with Crippen LogP contribution in [-0.4, -0.2) is 56.5 Å². The second kappa shape index (κ2) is 14.0. The van der Waals surface area contributed by atoms with Crippen LogP contribution in [0.5, 0.6) is 0 Å². The maximum Gasteiger partial charge on any atom is 0.414 e. The quantitative estimate of drug-likeness (QED) is 0.141. The van der Waals surface area contributed by atoms with Crippen LogP contribution in [-0.2, 0) is 22.6 Å². The van der Waals surface area contributed by atoms with Crippen molar-refractivity contribution in [1.82, 2.24) is 14.7 Å². The standard InChI is InChI=1S/C39H39N3.C2H2O4/c1-2-8-28(9-3-1)29-20-23-41(24-21-29)25-22-31-11-7-15-39-38(31)26-40-42(39)27-32-12-6-14-35-34(32)18-19-36-33-13-5-4-10-30(33)16-17-37(35)36;3-1(4)2(5)6/h1-6,8-10,12-14,16-19,26,29,31H,7,11,15,20-25,27H2;(H,3,4)(H,5,6). The molecular formula is C41H41N3O4. The molecule has 0 bridgehead atoms. The van der Waals surface area contributed by atoms with Crippen molar-refractivity contribution in [2.24, 2.45) is 0 Å². The van der Waals surface area contributed by atoms with Gasteiger partial charge in [0.25, 0.3) is 0 Å². The second-order valence-electron chi connectivity index (χ2n) is 13.2. The van der Waals surface area contributed by atoms with E-state index in [0.29, 0.717) is 5.92 Å². The number of benzene rings is 5. The summed E-state index contributed by atoms with van der Waals surface area (Å²) in [5, 5.41) is 27.8. The Morgan fingerprint density at radius 2 is 1.38 bits per heavy atom. The van der Waals surface area contributed by atoms with Crippen molar-refractivity contribution >= 4 is 44.3 Å². The Labute approximate surface area is 280 Å². The number of nitrogens with zero attached hydrogens (tertiary/aromatic N) is 3. The number of carboxylic acids is 2. The molecule has 0 spiro atoms. The molecule has 1 saturated heterocycles. The molecule has 1 aliphatic carbocycles. The summed E-state index contributed by atoms with van der Waals surface area (Å²) in [7, 11) is 0. The Kier molecular flexibility index (Phi) is 9.21. The highest BCUT2D eigenvalue weighted by Crippen LogP contribution is 2.37. The van der Waals surface area contributed by atoms with E-state index in [4.69, 9.17) is 24.9 Å². The zero-order chi connectivity index (χ0) is 33.0. The Hall–Kier alpha value is -5.01. The number of aliphatic carboxylic acids is 2. The average Bonchev–Trinajstić information content (AvgIpc) is 3.54. The van der Waals surface area contributed by atoms with Gasteiger partial charge in [-0.25, -0.2) is 9.59 Å². The van der Waals surface area contributed by atoms with Gasteiger partial charge in [0.05, 0.1) is 12.7 Å². The first-order valence-corrected chi connectivity index (χ1v) is 17.1. The highest BCUT2D eigenvalue weighted by molar-refractivity contribution is 6.27. The van der Waals surface area contributed by atoms with Gasteiger partial charge in [-0.3, -0.25) is 4.68 Å². The van der Waals surface area contributed by atoms with Crippen molar-refractivity contribution in [3.05, 3.63) is 126 Å². The van der Waals surface area contributed by atoms with Crippen molar-refractivity contribution in [3.63, 3.8) is 0 Å². The van der Waals surface area contributed by atoms with E-state index in [9.17, 15) is 0 Å². The summed E-state index contributed by atoms with van der Waals surface area (Å²) < 4.78 is 2.31. The van der Waals surface area contributed by atoms with Gasteiger partial charge < -0.3 is 15.1 Å². The predicted molar refractivity (Wildman–Crippen MR) is 191 cm³/mol. The summed E-state index contributed by atoms with van der Waals surface area (Å²) in [5.74, 6) is -2.28. The van der Waals surface area contributed by atoms with Crippen LogP contribution in [0.1, 0.15) is 66.3 Å². The van der Waals surface area contributed by atoms with E-state index >= 15 is 0 Å². The third kappa shape index (κ3) is 6.56. The number of piperidine rings is 1. The topological polar surface area (TPSA) is 95.7 Å². The van der Waals surface area contributed by atoms with Gasteiger partial charge in [-0.2, -0.15) is 5.10 Å². The number of hydrogen-bond donors (Lipinski definition) is 2. The summed E-state index contributed by atoms with van der Waals surface area (Å²) in [5.41, 5.74) is 5.86. The SMILES string of the molecule is O=C(O)C(=O)O.c1ccc(C2CCN(CCC3CCCc4c3cnn4Cc3cccc4c3ccc3c5ccccc5ccc43)CC2)cc1. The van der Waals surface area contributed by atoms with Crippen LogP contribution in [0, 0.1) is 0 Å². The van der Waals surface area contributed by atoms with E-state index < -0.39 is 11.9 Å². The minimum Gasteiger partial charge on any atom is -0.473 e. The van der Waals surface area contributed by atoms with Crippen molar-refractivity contribution in [2.45, 2.75) is 56.9 Å². The Morgan fingerprint density at radius 1 is 0.708 bits per heavy atom. The summed E-state index contributed by atoms with van der Waals surface area (Å²) in [6.45, 7) is 4.50. The molecule has 8 rings (SSSR count). The van der Waals surface area contributed by atoms with Crippen LogP contribution in [0.4, 0.5) is 0 Å². The Balaban J connectivity index is 0.000000559. The third-order valence-corrected chi connectivity index (χ3v) is 10.4. The van der Waals surface area contributed by atoms with Crippen LogP contribution < -0.4 is 0 Å². The molecule has 2 aliphatic rings. The Morgan fingerprint density at radius 3 is 2.17 bits per heavy atom. The fourth-order valence-electron chi connectivity index (χ4n) is 7.92. The van der Waals surface area contributed by atoms with E-state index in [2.05, 4.69) is 113 Å². The molecule has 1 fully saturated rings. The molecule has 1 aromatic heterocycles. The molecule has 7 heteroatoms. The fraction of sp³-hybridized carbons (Fsp3) is 0.293. The zero-order valence-electron chi connectivity index (χ0n) is 27.1. The Bertz CT molecular complexity index is 2070. The van der Waals surface area contributed by atoms with Gasteiger partial charge in [0, 0.05) is 5.69 Å². The molecule has 1 unspecified atom stereocenters. The molecule has 5 aromatic carbocycles. The third-order valence-electron chi connectivity index (χ3n) is 10.4. The highest BCUT2D eigenvalue weighted by Gasteiger charge is 2.26. The molecule has 2 N–H and O–H groups in total. The minimum absolute atomic E-state index is 0.638. The first-order chi connectivity index (χ1) is 23.5. The van der Waals surface area contributed by atoms with Gasteiger partial charge in [0.1, 0.15) is 0 Å². The van der Waals surface area contributed by atoms with Crippen LogP contribution >= 0.6 is 0 Å². The molecule has 48 heavy (non-hydrogen) atoms. The highest BCUT2D eigenvalue weighted by atomic mass is 16.4. The van der Waals surface area contributed by atoms with Gasteiger partial charge >= 0.3 is 11.9 Å². The van der Waals surface area contributed by atoms with E-state index in [-0.39, 0.29) is 0 Å². The monoisotopic (exact) mass is 639 g/mol. The number of likely N-dealkylation sites (tertiary alicyclic amines) is 1. The zero-order valence-corrected chi connectivity index (χ0v) is 27.1. The van der Waals surface area contributed by atoms with Gasteiger partial charge in [-0.1, -0.05) is 97.1 Å². The summed E-state index contributed by atoms with van der Waals surface area (Å²) in [6, 6.07) is 35.9. The van der Waals surface area contributed by atoms with Gasteiger partial charge in [-0.05, 0) is 119 Å². The molecule has 0 amide bonds. The first kappa shape index (κ1) is 31.6. The minimum atomic E-state index is -1.82. The van der Waals surface area contributed by atoms with Crippen molar-refractivity contribution in [3.8, 4) is 0 Å². The predicted octanol–water partition coefficient (Wildman–Crippen LogP) is 8.24. The van der Waals surface area contributed by atoms with Crippen LogP contribution in [0.3, 0.4) is 0 Å². The van der Waals surface area contributed by atoms with Gasteiger partial charge in [-0.15, -0.1) is 0 Å².